The fourth-order valence-corrected chi connectivity index (χ4v) is 5.54. The third-order valence-corrected chi connectivity index (χ3v) is 8.16. The van der Waals surface area contributed by atoms with Crippen LogP contribution in [0.25, 0.3) is 11.3 Å². The molecule has 44 heavy (non-hydrogen) atoms. The summed E-state index contributed by atoms with van der Waals surface area (Å²) in [5.41, 5.74) is 8.45. The molecule has 2 aliphatic rings. The lowest BCUT2D eigenvalue weighted by Gasteiger charge is -2.25. The minimum absolute atomic E-state index is 0.0983. The van der Waals surface area contributed by atoms with Crippen LogP contribution in [0.2, 0.25) is 5.02 Å². The minimum Gasteiger partial charge on any atom is -0.355 e. The average molecular weight is 618 g/mol. The number of aromatic nitrogens is 3. The number of halogens is 1. The van der Waals surface area contributed by atoms with E-state index in [2.05, 4.69) is 41.3 Å². The second-order valence-corrected chi connectivity index (χ2v) is 11.1. The Morgan fingerprint density at radius 2 is 2.02 bits per heavy atom. The van der Waals surface area contributed by atoms with Gasteiger partial charge < -0.3 is 31.3 Å². The number of amidine groups is 1. The number of nitrogens with zero attached hydrogens (tertiary/aromatic N) is 6. The Morgan fingerprint density at radius 1 is 1.20 bits per heavy atom. The van der Waals surface area contributed by atoms with Crippen LogP contribution >= 0.6 is 11.6 Å². The number of carbonyl (C=O) groups excluding carboxylic acids is 2. The topological polar surface area (TPSA) is 164 Å². The molecule has 3 atom stereocenters. The molecule has 1 saturated heterocycles. The molecule has 3 aromatic rings. The number of fused-ring (bicyclic) bond motifs is 1. The number of rotatable bonds is 10. The van der Waals surface area contributed by atoms with E-state index in [1.165, 1.54) is 6.20 Å². The van der Waals surface area contributed by atoms with E-state index >= 15 is 0 Å². The Kier molecular flexibility index (Phi) is 9.47. The van der Waals surface area contributed by atoms with E-state index in [-0.39, 0.29) is 34.7 Å². The van der Waals surface area contributed by atoms with Gasteiger partial charge in [0.2, 0.25) is 5.91 Å². The van der Waals surface area contributed by atoms with Crippen LogP contribution in [-0.4, -0.2) is 83.0 Å². The molecule has 0 spiro atoms. The van der Waals surface area contributed by atoms with Gasteiger partial charge in [-0.1, -0.05) is 29.8 Å². The maximum atomic E-state index is 13.5. The molecule has 0 bridgehead atoms. The minimum atomic E-state index is -0.707. The van der Waals surface area contributed by atoms with Crippen molar-refractivity contribution in [1.82, 2.24) is 41.3 Å². The van der Waals surface area contributed by atoms with E-state index < -0.39 is 6.04 Å². The largest absolute Gasteiger partial charge is 0.355 e. The van der Waals surface area contributed by atoms with Crippen LogP contribution in [0.5, 0.6) is 0 Å². The molecule has 0 unspecified atom stereocenters. The van der Waals surface area contributed by atoms with Crippen molar-refractivity contribution < 1.29 is 9.59 Å². The Balaban J connectivity index is 1.28. The maximum absolute atomic E-state index is 13.5. The summed E-state index contributed by atoms with van der Waals surface area (Å²) >= 11 is 6.42. The zero-order chi connectivity index (χ0) is 31.4. The van der Waals surface area contributed by atoms with Crippen LogP contribution in [0.3, 0.4) is 0 Å². The van der Waals surface area contributed by atoms with Crippen LogP contribution in [0.15, 0.2) is 47.6 Å². The molecule has 0 aliphatic carbocycles. The van der Waals surface area contributed by atoms with Crippen molar-refractivity contribution >= 4 is 47.2 Å². The summed E-state index contributed by atoms with van der Waals surface area (Å²) in [6.45, 7) is 5.75. The van der Waals surface area contributed by atoms with Gasteiger partial charge in [-0.3, -0.25) is 9.59 Å². The highest BCUT2D eigenvalue weighted by atomic mass is 35.5. The molecule has 2 aromatic heterocycles. The number of amides is 2. The van der Waals surface area contributed by atoms with E-state index in [0.717, 1.165) is 42.8 Å². The molecule has 1 fully saturated rings. The Bertz CT molecular complexity index is 1600. The first-order valence-electron chi connectivity index (χ1n) is 14.4. The highest BCUT2D eigenvalue weighted by molar-refractivity contribution is 6.33. The number of benzene rings is 1. The van der Waals surface area contributed by atoms with Crippen molar-refractivity contribution in [3.05, 3.63) is 64.4 Å². The molecule has 2 aliphatic heterocycles. The Morgan fingerprint density at radius 3 is 2.75 bits per heavy atom. The van der Waals surface area contributed by atoms with E-state index in [4.69, 9.17) is 22.0 Å². The quantitative estimate of drug-likeness (QED) is 0.131. The summed E-state index contributed by atoms with van der Waals surface area (Å²) in [6.07, 6.45) is 3.51. The first kappa shape index (κ1) is 31.0. The molecule has 0 radical (unpaired) electrons. The molecule has 1 aromatic carbocycles. The standard InChI is InChI=1S/C30H36ClN11O2/c1-17(24-6-5-7-26(37-24)41-11-10-21(16-41)33-3)36-28(43)18(2)42-15-20-9-8-19(12-22(20)29(42)44)27-23(31)14-35-30(39-27)38-25(13-32)40-34-4/h5-9,12-14,17-18,21,32-34H,10-11,15-16H2,1-4H3,(H,36,43)(H,35,38,39,40)/t17-,18-,21+/m1/s1. The molecule has 4 heterocycles. The summed E-state index contributed by atoms with van der Waals surface area (Å²) in [7, 11) is 3.62. The number of aliphatic imine (C=N–C) groups is 1. The van der Waals surface area contributed by atoms with Crippen LogP contribution in [-0.2, 0) is 11.3 Å². The number of nitrogens with one attached hydrogen (secondary N) is 5. The van der Waals surface area contributed by atoms with E-state index in [1.54, 1.807) is 24.9 Å². The van der Waals surface area contributed by atoms with Gasteiger partial charge in [-0.05, 0) is 51.1 Å². The molecule has 5 N–H and O–H groups in total. The van der Waals surface area contributed by atoms with E-state index in [9.17, 15) is 9.59 Å². The predicted molar refractivity (Wildman–Crippen MR) is 170 cm³/mol. The summed E-state index contributed by atoms with van der Waals surface area (Å²) in [5, 5.41) is 14.1. The van der Waals surface area contributed by atoms with Crippen LogP contribution in [0.4, 0.5) is 11.8 Å². The zero-order valence-corrected chi connectivity index (χ0v) is 25.8. The number of anilines is 1. The molecular weight excluding hydrogens is 582 g/mol. The fourth-order valence-electron chi connectivity index (χ4n) is 5.34. The van der Waals surface area contributed by atoms with Gasteiger partial charge in [0, 0.05) is 43.9 Å². The van der Waals surface area contributed by atoms with Gasteiger partial charge in [-0.25, -0.2) is 20.4 Å². The lowest BCUT2D eigenvalue weighted by Crippen LogP contribution is -2.46. The molecule has 13 nitrogen and oxygen atoms in total. The average Bonchev–Trinajstić information content (AvgIpc) is 3.66. The number of hydrogen-bond donors (Lipinski definition) is 5. The van der Waals surface area contributed by atoms with Crippen LogP contribution < -0.4 is 26.4 Å². The first-order chi connectivity index (χ1) is 21.2. The van der Waals surface area contributed by atoms with E-state index in [0.29, 0.717) is 29.4 Å². The lowest BCUT2D eigenvalue weighted by molar-refractivity contribution is -0.125. The third kappa shape index (κ3) is 6.54. The number of likely N-dealkylation sites (N-methyl/N-ethyl adjacent to an activating group) is 1. The molecule has 5 rings (SSSR count). The number of hydrazine groups is 1. The van der Waals surface area contributed by atoms with Crippen molar-refractivity contribution in [2.75, 3.05) is 32.1 Å². The highest BCUT2D eigenvalue weighted by Crippen LogP contribution is 2.32. The fraction of sp³-hybridized carbons (Fsp3) is 0.367. The van der Waals surface area contributed by atoms with Gasteiger partial charge in [-0.2, -0.15) is 4.99 Å². The monoisotopic (exact) mass is 617 g/mol. The van der Waals surface area contributed by atoms with Crippen LogP contribution in [0.1, 0.15) is 47.9 Å². The van der Waals surface area contributed by atoms with Gasteiger partial charge in [-0.15, -0.1) is 0 Å². The van der Waals surface area contributed by atoms with Crippen molar-refractivity contribution in [3.63, 3.8) is 0 Å². The Labute approximate surface area is 261 Å². The summed E-state index contributed by atoms with van der Waals surface area (Å²) in [6, 6.07) is 10.6. The normalized spacial score (nSPS) is 17.8. The molecule has 2 amide bonds. The van der Waals surface area contributed by atoms with Gasteiger partial charge in [0.05, 0.1) is 34.9 Å². The first-order valence-corrected chi connectivity index (χ1v) is 14.8. The summed E-state index contributed by atoms with van der Waals surface area (Å²) in [5.74, 6) is 0.683. The smallest absolute Gasteiger partial charge is 0.255 e. The number of pyridine rings is 1. The number of carbonyl (C=O) groups is 2. The summed E-state index contributed by atoms with van der Waals surface area (Å²) in [4.78, 5) is 48.3. The van der Waals surface area contributed by atoms with Gasteiger partial charge in [0.15, 0.2) is 5.84 Å². The second-order valence-electron chi connectivity index (χ2n) is 10.7. The molecule has 14 heteroatoms. The van der Waals surface area contributed by atoms with Crippen LogP contribution in [0, 0.1) is 5.41 Å². The highest BCUT2D eigenvalue weighted by Gasteiger charge is 2.35. The SMILES string of the molecule is CNN/C(C=N)=N/c1ncc(Cl)c(-c2ccc3c(c2)C(=O)N([C@H](C)C(=O)N[C@H](C)c2cccc(N4CC[C@H](NC)C4)n2)C3)n1. The number of hydrogen-bond acceptors (Lipinski definition) is 10. The van der Waals surface area contributed by atoms with Gasteiger partial charge >= 0.3 is 0 Å². The predicted octanol–water partition coefficient (Wildman–Crippen LogP) is 2.62. The van der Waals surface area contributed by atoms with Gasteiger partial charge in [0.1, 0.15) is 11.9 Å². The zero-order valence-electron chi connectivity index (χ0n) is 25.1. The lowest BCUT2D eigenvalue weighted by atomic mass is 10.0. The second kappa shape index (κ2) is 13.5. The van der Waals surface area contributed by atoms with Crippen molar-refractivity contribution in [2.24, 2.45) is 4.99 Å². The molecular formula is C30H36ClN11O2. The molecule has 230 valence electrons. The van der Waals surface area contributed by atoms with Crippen molar-refractivity contribution in [1.29, 1.82) is 5.41 Å². The maximum Gasteiger partial charge on any atom is 0.255 e. The Hall–Kier alpha value is -4.46. The summed E-state index contributed by atoms with van der Waals surface area (Å²) < 4.78 is 0. The van der Waals surface area contributed by atoms with E-state index in [1.807, 2.05) is 44.3 Å². The van der Waals surface area contributed by atoms with Gasteiger partial charge in [0.25, 0.3) is 11.9 Å². The molecule has 0 saturated carbocycles. The van der Waals surface area contributed by atoms with Crippen molar-refractivity contribution in [2.45, 2.75) is 44.9 Å². The van der Waals surface area contributed by atoms with Crippen molar-refractivity contribution in [3.8, 4) is 11.3 Å². The third-order valence-electron chi connectivity index (χ3n) is 7.88.